The van der Waals surface area contributed by atoms with Gasteiger partial charge in [0.2, 0.25) is 0 Å². The Morgan fingerprint density at radius 3 is 2.68 bits per heavy atom. The summed E-state index contributed by atoms with van der Waals surface area (Å²) in [5.74, 6) is 0.475. The number of Topliss-reactive ketones (excluding diaryl/α,β-unsaturated/α-hetero) is 1. The van der Waals surface area contributed by atoms with Crippen molar-refractivity contribution in [2.45, 2.75) is 50.7 Å². The van der Waals surface area contributed by atoms with Crippen molar-refractivity contribution < 1.29 is 22.5 Å². The molecule has 28 heavy (non-hydrogen) atoms. The average Bonchev–Trinajstić information content (AvgIpc) is 3.32. The monoisotopic (exact) mass is 410 g/mol. The van der Waals surface area contributed by atoms with E-state index in [-0.39, 0.29) is 46.4 Å². The minimum absolute atomic E-state index is 0.0191. The van der Waals surface area contributed by atoms with E-state index in [2.05, 4.69) is 15.1 Å². The molecule has 0 N–H and O–H groups in total. The van der Waals surface area contributed by atoms with E-state index >= 15 is 0 Å². The van der Waals surface area contributed by atoms with Gasteiger partial charge in [-0.1, -0.05) is 16.8 Å². The molecule has 10 heteroatoms. The van der Waals surface area contributed by atoms with Crippen molar-refractivity contribution >= 4 is 28.4 Å². The number of carbonyl (C=O) groups excluding carboxylic acids is 1. The molecule has 3 aromatic rings. The molecule has 1 unspecified atom stereocenters. The third-order valence-electron chi connectivity index (χ3n) is 5.47. The van der Waals surface area contributed by atoms with Crippen LogP contribution in [0.1, 0.15) is 60.0 Å². The van der Waals surface area contributed by atoms with Crippen LogP contribution in [0.5, 0.6) is 0 Å². The Kier molecular flexibility index (Phi) is 3.65. The van der Waals surface area contributed by atoms with E-state index in [1.165, 1.54) is 0 Å². The normalized spacial score (nSPS) is 18.1. The minimum atomic E-state index is -4.50. The maximum Gasteiger partial charge on any atom is 0.408 e. The summed E-state index contributed by atoms with van der Waals surface area (Å²) < 4.78 is 47.4. The van der Waals surface area contributed by atoms with E-state index in [4.69, 9.17) is 16.1 Å². The maximum absolute atomic E-state index is 13.6. The molecule has 2 aliphatic carbocycles. The Morgan fingerprint density at radius 2 is 2.00 bits per heavy atom. The van der Waals surface area contributed by atoms with Crippen LogP contribution in [0.3, 0.4) is 0 Å². The lowest BCUT2D eigenvalue weighted by Crippen LogP contribution is -2.25. The number of alkyl halides is 3. The van der Waals surface area contributed by atoms with Crippen molar-refractivity contribution in [3.8, 4) is 11.3 Å². The average molecular weight is 411 g/mol. The zero-order valence-corrected chi connectivity index (χ0v) is 15.4. The number of carbonyl (C=O) groups is 1. The van der Waals surface area contributed by atoms with Gasteiger partial charge in [0.05, 0.1) is 10.9 Å². The first-order valence-electron chi connectivity index (χ1n) is 8.92. The Balaban J connectivity index is 1.88. The van der Waals surface area contributed by atoms with Crippen LogP contribution in [0, 0.1) is 0 Å². The number of halogens is 4. The standard InChI is InChI=1S/C18H14ClF3N4O2/c1-7(18(20,21)22)26-9-4-5-10(27)12-14(25-28-15(12)8-2-3-8)11(9)13-16(19)23-6-24-17(13)26/h6-8H,2-5H2,1H3. The number of nitrogens with zero attached hydrogens (tertiary/aromatic N) is 4. The summed E-state index contributed by atoms with van der Waals surface area (Å²) in [6, 6.07) is -1.85. The Morgan fingerprint density at radius 1 is 1.25 bits per heavy atom. The molecule has 0 saturated heterocycles. The van der Waals surface area contributed by atoms with Crippen molar-refractivity contribution in [2.24, 2.45) is 0 Å². The zero-order chi connectivity index (χ0) is 19.8. The molecule has 5 rings (SSSR count). The molecule has 0 spiro atoms. The molecule has 3 aromatic heterocycles. The van der Waals surface area contributed by atoms with Gasteiger partial charge in [-0.25, -0.2) is 9.97 Å². The minimum Gasteiger partial charge on any atom is -0.360 e. The zero-order valence-electron chi connectivity index (χ0n) is 14.7. The van der Waals surface area contributed by atoms with E-state index in [9.17, 15) is 18.0 Å². The van der Waals surface area contributed by atoms with Gasteiger partial charge < -0.3 is 9.09 Å². The SMILES string of the molecule is CC(n1c2c(c3c(Cl)ncnc31)-c1noc(C3CC3)c1C(=O)CC2)C(F)(F)F. The van der Waals surface area contributed by atoms with Crippen LogP contribution in [0.25, 0.3) is 22.3 Å². The number of rotatable bonds is 2. The molecule has 3 heterocycles. The van der Waals surface area contributed by atoms with Crippen LogP contribution in [0.15, 0.2) is 10.9 Å². The Hall–Kier alpha value is -2.42. The largest absolute Gasteiger partial charge is 0.408 e. The highest BCUT2D eigenvalue weighted by molar-refractivity contribution is 6.35. The van der Waals surface area contributed by atoms with E-state index in [1.807, 2.05) is 0 Å². The molecule has 1 atom stereocenters. The van der Waals surface area contributed by atoms with Crippen LogP contribution >= 0.6 is 11.6 Å². The van der Waals surface area contributed by atoms with Crippen LogP contribution in [0.2, 0.25) is 5.15 Å². The highest BCUT2D eigenvalue weighted by Crippen LogP contribution is 2.49. The highest BCUT2D eigenvalue weighted by Gasteiger charge is 2.43. The summed E-state index contributed by atoms with van der Waals surface area (Å²) in [7, 11) is 0. The Labute approximate surface area is 161 Å². The second-order valence-corrected chi connectivity index (χ2v) is 7.60. The number of hydrogen-bond donors (Lipinski definition) is 0. The predicted molar refractivity (Wildman–Crippen MR) is 93.4 cm³/mol. The molecule has 0 radical (unpaired) electrons. The second-order valence-electron chi connectivity index (χ2n) is 7.24. The molecule has 0 aliphatic heterocycles. The van der Waals surface area contributed by atoms with E-state index < -0.39 is 12.2 Å². The molecule has 0 aromatic carbocycles. The van der Waals surface area contributed by atoms with E-state index in [1.54, 1.807) is 0 Å². The van der Waals surface area contributed by atoms with Crippen molar-refractivity contribution in [3.63, 3.8) is 0 Å². The summed E-state index contributed by atoms with van der Waals surface area (Å²) in [5.41, 5.74) is 1.37. The number of fused-ring (bicyclic) bond motifs is 5. The van der Waals surface area contributed by atoms with Gasteiger partial charge in [0.1, 0.15) is 28.9 Å². The third-order valence-corrected chi connectivity index (χ3v) is 5.76. The van der Waals surface area contributed by atoms with E-state index in [0.717, 1.165) is 30.7 Å². The summed E-state index contributed by atoms with van der Waals surface area (Å²) >= 11 is 6.28. The van der Waals surface area contributed by atoms with Crippen molar-refractivity contribution in [2.75, 3.05) is 0 Å². The van der Waals surface area contributed by atoms with Gasteiger partial charge in [-0.05, 0) is 26.2 Å². The van der Waals surface area contributed by atoms with Gasteiger partial charge in [0.15, 0.2) is 11.5 Å². The fourth-order valence-corrected chi connectivity index (χ4v) is 4.16. The fourth-order valence-electron chi connectivity index (χ4n) is 3.93. The lowest BCUT2D eigenvalue weighted by molar-refractivity contribution is -0.162. The van der Waals surface area contributed by atoms with Gasteiger partial charge in [0.25, 0.3) is 0 Å². The molecule has 6 nitrogen and oxygen atoms in total. The quantitative estimate of drug-likeness (QED) is 0.563. The van der Waals surface area contributed by atoms with Gasteiger partial charge in [-0.2, -0.15) is 13.2 Å². The number of hydrogen-bond acceptors (Lipinski definition) is 5. The van der Waals surface area contributed by atoms with Gasteiger partial charge >= 0.3 is 6.18 Å². The van der Waals surface area contributed by atoms with Crippen molar-refractivity contribution in [1.29, 1.82) is 0 Å². The molecular formula is C18H14ClF3N4O2. The summed E-state index contributed by atoms with van der Waals surface area (Å²) in [6.45, 7) is 1.06. The summed E-state index contributed by atoms with van der Waals surface area (Å²) in [4.78, 5) is 20.8. The van der Waals surface area contributed by atoms with Crippen LogP contribution in [0.4, 0.5) is 13.2 Å². The topological polar surface area (TPSA) is 73.8 Å². The number of ketones is 1. The molecule has 0 amide bonds. The first kappa shape index (κ1) is 17.7. The molecule has 146 valence electrons. The van der Waals surface area contributed by atoms with Crippen LogP contribution in [-0.2, 0) is 6.42 Å². The smallest absolute Gasteiger partial charge is 0.360 e. The van der Waals surface area contributed by atoms with E-state index in [0.29, 0.717) is 22.6 Å². The third kappa shape index (κ3) is 2.41. The highest BCUT2D eigenvalue weighted by atomic mass is 35.5. The molecule has 1 saturated carbocycles. The van der Waals surface area contributed by atoms with Crippen molar-refractivity contribution in [3.05, 3.63) is 28.5 Å². The second kappa shape index (κ2) is 5.79. The molecular weight excluding hydrogens is 397 g/mol. The summed E-state index contributed by atoms with van der Waals surface area (Å²) in [5, 5.41) is 4.38. The van der Waals surface area contributed by atoms with Gasteiger partial charge in [-0.3, -0.25) is 4.79 Å². The van der Waals surface area contributed by atoms with Crippen molar-refractivity contribution in [1.82, 2.24) is 19.7 Å². The first-order valence-corrected chi connectivity index (χ1v) is 9.30. The van der Waals surface area contributed by atoms with Gasteiger partial charge in [-0.15, -0.1) is 0 Å². The molecule has 0 bridgehead atoms. The van der Waals surface area contributed by atoms with Gasteiger partial charge in [0, 0.05) is 23.6 Å². The lowest BCUT2D eigenvalue weighted by Gasteiger charge is -2.21. The van der Waals surface area contributed by atoms with Crippen LogP contribution < -0.4 is 0 Å². The Bertz CT molecular complexity index is 1130. The maximum atomic E-state index is 13.6. The predicted octanol–water partition coefficient (Wildman–Crippen LogP) is 4.87. The molecule has 1 fully saturated rings. The number of aromatic nitrogens is 4. The fraction of sp³-hybridized carbons (Fsp3) is 0.444. The molecule has 2 aliphatic rings. The first-order chi connectivity index (χ1) is 13.3. The summed E-state index contributed by atoms with van der Waals surface area (Å²) in [6.07, 6.45) is -1.38. The van der Waals surface area contributed by atoms with Crippen LogP contribution in [-0.4, -0.2) is 31.7 Å². The lowest BCUT2D eigenvalue weighted by atomic mass is 10.0.